The average Bonchev–Trinajstić information content (AvgIpc) is 2.93. The van der Waals surface area contributed by atoms with E-state index in [1.165, 1.54) is 0 Å². The van der Waals surface area contributed by atoms with Gasteiger partial charge in [0, 0.05) is 12.0 Å². The van der Waals surface area contributed by atoms with E-state index in [9.17, 15) is 13.2 Å². The Kier molecular flexibility index (Phi) is 7.71. The van der Waals surface area contributed by atoms with Gasteiger partial charge in [-0.25, -0.2) is 0 Å². The molecule has 2 aliphatic rings. The molecule has 1 fully saturated rings. The highest BCUT2D eigenvalue weighted by Crippen LogP contribution is 2.58. The van der Waals surface area contributed by atoms with Gasteiger partial charge in [0.25, 0.3) is 10.1 Å². The molecule has 6 heteroatoms. The monoisotopic (exact) mass is 560 g/mol. The van der Waals surface area contributed by atoms with Crippen molar-refractivity contribution in [3.63, 3.8) is 0 Å². The summed E-state index contributed by atoms with van der Waals surface area (Å²) in [7, 11) is -3.91. The Hall–Kier alpha value is -2.96. The van der Waals surface area contributed by atoms with E-state index in [1.54, 1.807) is 24.3 Å². The molecule has 1 unspecified atom stereocenters. The fraction of sp³-hybridized carbons (Fsp3) is 0.441. The number of rotatable bonds is 8. The maximum Gasteiger partial charge on any atom is 0.296 e. The molecule has 0 N–H and O–H groups in total. The van der Waals surface area contributed by atoms with E-state index in [0.29, 0.717) is 13.0 Å². The zero-order valence-electron chi connectivity index (χ0n) is 24.2. The van der Waals surface area contributed by atoms with Gasteiger partial charge in [0.2, 0.25) is 0 Å². The van der Waals surface area contributed by atoms with Gasteiger partial charge in [0.1, 0.15) is 12.4 Å². The predicted octanol–water partition coefficient (Wildman–Crippen LogP) is 7.75. The van der Waals surface area contributed by atoms with Crippen LogP contribution in [-0.2, 0) is 26.3 Å². The molecule has 3 atom stereocenters. The molecule has 5 nitrogen and oxygen atoms in total. The van der Waals surface area contributed by atoms with Gasteiger partial charge in [-0.15, -0.1) is 0 Å². The topological polar surface area (TPSA) is 69.7 Å². The average molecular weight is 561 g/mol. The molecule has 5 rings (SSSR count). The number of carbonyl (C=O) groups excluding carboxylic acids is 1. The number of aryl methyl sites for hydroxylation is 1. The van der Waals surface area contributed by atoms with Crippen LogP contribution in [-0.4, -0.2) is 20.8 Å². The van der Waals surface area contributed by atoms with Crippen LogP contribution in [0.5, 0.6) is 5.75 Å². The molecule has 0 aliphatic heterocycles. The SMILES string of the molecule is Cc1ccc(S(=O)(=O)OC[C@]2(C)CCC[C@]3(C)c4cc(OCc5ccccc5)c(C(C)C)cc4C(=O)CC23)cc1. The molecule has 1 saturated carbocycles. The molecule has 212 valence electrons. The van der Waals surface area contributed by atoms with E-state index in [-0.39, 0.29) is 34.5 Å². The Labute approximate surface area is 239 Å². The first-order chi connectivity index (χ1) is 18.9. The lowest BCUT2D eigenvalue weighted by atomic mass is 9.49. The molecular formula is C34H40O5S. The summed E-state index contributed by atoms with van der Waals surface area (Å²) in [5, 5.41) is 0. The Morgan fingerprint density at radius 2 is 1.68 bits per heavy atom. The smallest absolute Gasteiger partial charge is 0.296 e. The molecule has 3 aromatic rings. The second-order valence-corrected chi connectivity index (χ2v) is 14.1. The van der Waals surface area contributed by atoms with E-state index in [1.807, 2.05) is 37.3 Å². The van der Waals surface area contributed by atoms with Gasteiger partial charge >= 0.3 is 0 Å². The van der Waals surface area contributed by atoms with Gasteiger partial charge < -0.3 is 4.74 Å². The minimum atomic E-state index is -3.91. The summed E-state index contributed by atoms with van der Waals surface area (Å²) in [5.74, 6) is 1.08. The third-order valence-corrected chi connectivity index (χ3v) is 10.5. The van der Waals surface area contributed by atoms with E-state index < -0.39 is 15.5 Å². The second kappa shape index (κ2) is 10.8. The molecule has 0 aromatic heterocycles. The lowest BCUT2D eigenvalue weighted by Gasteiger charge is -2.54. The zero-order chi connectivity index (χ0) is 28.7. The van der Waals surface area contributed by atoms with Gasteiger partial charge in [-0.2, -0.15) is 8.42 Å². The van der Waals surface area contributed by atoms with E-state index in [0.717, 1.165) is 52.8 Å². The van der Waals surface area contributed by atoms with Crippen molar-refractivity contribution < 1.29 is 22.1 Å². The molecule has 2 aliphatic carbocycles. The van der Waals surface area contributed by atoms with Crippen molar-refractivity contribution in [3.8, 4) is 5.75 Å². The second-order valence-electron chi connectivity index (χ2n) is 12.5. The Balaban J connectivity index is 1.47. The highest BCUT2D eigenvalue weighted by Gasteiger charge is 2.54. The normalized spacial score (nSPS) is 24.4. The molecule has 0 bridgehead atoms. The maximum atomic E-state index is 13.7. The number of ketones is 1. The fourth-order valence-electron chi connectivity index (χ4n) is 6.84. The first-order valence-corrected chi connectivity index (χ1v) is 15.7. The summed E-state index contributed by atoms with van der Waals surface area (Å²) in [6, 6.07) is 21.0. The molecule has 0 amide bonds. The van der Waals surface area contributed by atoms with Gasteiger partial charge in [-0.3, -0.25) is 8.98 Å². The van der Waals surface area contributed by atoms with E-state index >= 15 is 0 Å². The summed E-state index contributed by atoms with van der Waals surface area (Å²) < 4.78 is 38.2. The Bertz CT molecular complexity index is 1490. The third-order valence-electron chi connectivity index (χ3n) is 9.22. The summed E-state index contributed by atoms with van der Waals surface area (Å²) >= 11 is 0. The van der Waals surface area contributed by atoms with Crippen LogP contribution in [0.4, 0.5) is 0 Å². The lowest BCUT2D eigenvalue weighted by Crippen LogP contribution is -2.52. The Morgan fingerprint density at radius 1 is 0.975 bits per heavy atom. The highest BCUT2D eigenvalue weighted by atomic mass is 32.2. The molecule has 0 saturated heterocycles. The number of hydrogen-bond donors (Lipinski definition) is 0. The Morgan fingerprint density at radius 3 is 2.35 bits per heavy atom. The maximum absolute atomic E-state index is 13.7. The van der Waals surface area contributed by atoms with E-state index in [2.05, 4.69) is 39.8 Å². The van der Waals surface area contributed by atoms with Gasteiger partial charge in [0.15, 0.2) is 5.78 Å². The highest BCUT2D eigenvalue weighted by molar-refractivity contribution is 7.86. The molecule has 0 heterocycles. The number of ether oxygens (including phenoxy) is 1. The lowest BCUT2D eigenvalue weighted by molar-refractivity contribution is -0.00522. The first-order valence-electron chi connectivity index (χ1n) is 14.3. The summed E-state index contributed by atoms with van der Waals surface area (Å²) in [6.45, 7) is 11.0. The van der Waals surface area contributed by atoms with Crippen molar-refractivity contribution in [2.45, 2.75) is 83.1 Å². The van der Waals surface area contributed by atoms with Crippen molar-refractivity contribution in [1.29, 1.82) is 0 Å². The minimum absolute atomic E-state index is 0.0474. The minimum Gasteiger partial charge on any atom is -0.489 e. The number of hydrogen-bond acceptors (Lipinski definition) is 5. The molecule has 40 heavy (non-hydrogen) atoms. The van der Waals surface area contributed by atoms with Crippen LogP contribution in [0, 0.1) is 18.3 Å². The quantitative estimate of drug-likeness (QED) is 0.263. The van der Waals surface area contributed by atoms with Crippen LogP contribution in [0.3, 0.4) is 0 Å². The summed E-state index contributed by atoms with van der Waals surface area (Å²) in [5.41, 5.74) is 4.15. The van der Waals surface area contributed by atoms with Gasteiger partial charge in [-0.05, 0) is 83.4 Å². The molecule has 0 spiro atoms. The van der Waals surface area contributed by atoms with Crippen molar-refractivity contribution in [3.05, 3.63) is 94.5 Å². The summed E-state index contributed by atoms with van der Waals surface area (Å²) in [6.07, 6.45) is 3.05. The standard InChI is InChI=1S/C34H40O5S/c1-23(2)27-18-28-29(19-31(27)38-21-25-10-7-6-8-11-25)34(5)17-9-16-33(4,32(34)20-30(28)35)22-39-40(36,37)26-14-12-24(3)13-15-26/h6-8,10-15,18-19,23,32H,9,16-17,20-22H2,1-5H3/t32?,33-,34+/m0/s1. The third kappa shape index (κ3) is 5.36. The van der Waals surface area contributed by atoms with Crippen LogP contribution in [0.1, 0.15) is 91.9 Å². The fourth-order valence-corrected chi connectivity index (χ4v) is 7.87. The number of carbonyl (C=O) groups is 1. The van der Waals surface area contributed by atoms with Crippen molar-refractivity contribution in [1.82, 2.24) is 0 Å². The van der Waals surface area contributed by atoms with E-state index in [4.69, 9.17) is 8.92 Å². The van der Waals surface area contributed by atoms with Crippen molar-refractivity contribution in [2.75, 3.05) is 6.61 Å². The van der Waals surface area contributed by atoms with Crippen molar-refractivity contribution in [2.24, 2.45) is 11.3 Å². The van der Waals surface area contributed by atoms with Gasteiger partial charge in [0.05, 0.1) is 11.5 Å². The number of fused-ring (bicyclic) bond motifs is 3. The molecule has 3 aromatic carbocycles. The largest absolute Gasteiger partial charge is 0.489 e. The predicted molar refractivity (Wildman–Crippen MR) is 157 cm³/mol. The zero-order valence-corrected chi connectivity index (χ0v) is 25.0. The molecular weight excluding hydrogens is 520 g/mol. The van der Waals surface area contributed by atoms with Crippen LogP contribution in [0.25, 0.3) is 0 Å². The van der Waals surface area contributed by atoms with Crippen LogP contribution < -0.4 is 4.74 Å². The van der Waals surface area contributed by atoms with Crippen LogP contribution in [0.15, 0.2) is 71.6 Å². The first kappa shape index (κ1) is 28.6. The number of Topliss-reactive ketones (excluding diaryl/α,β-unsaturated/α-hetero) is 1. The molecule has 0 radical (unpaired) electrons. The van der Waals surface area contributed by atoms with Gasteiger partial charge in [-0.1, -0.05) is 82.1 Å². The van der Waals surface area contributed by atoms with Crippen molar-refractivity contribution >= 4 is 15.9 Å². The van der Waals surface area contributed by atoms with Crippen LogP contribution >= 0.6 is 0 Å². The number of benzene rings is 3. The van der Waals surface area contributed by atoms with Crippen LogP contribution in [0.2, 0.25) is 0 Å². The summed E-state index contributed by atoms with van der Waals surface area (Å²) in [4.78, 5) is 13.8.